The number of allylic oxidation sites excluding steroid dienone is 1. The average molecular weight is 414 g/mol. The van der Waals surface area contributed by atoms with E-state index in [0.29, 0.717) is 12.0 Å². The SMILES string of the molecule is C=CCOc1c(OC(F)F)cc2cc(-c3ccc(OCC=CC)cc3)ccc2c1F. The Hall–Kier alpha value is -3.41. The number of rotatable bonds is 9. The zero-order chi connectivity index (χ0) is 21.5. The first-order valence-electron chi connectivity index (χ1n) is 9.32. The van der Waals surface area contributed by atoms with E-state index >= 15 is 0 Å². The smallest absolute Gasteiger partial charge is 0.387 e. The molecule has 0 atom stereocenters. The number of halogens is 3. The van der Waals surface area contributed by atoms with Crippen LogP contribution in [0.2, 0.25) is 0 Å². The maximum atomic E-state index is 14.9. The summed E-state index contributed by atoms with van der Waals surface area (Å²) in [7, 11) is 0. The number of ether oxygens (including phenoxy) is 3. The van der Waals surface area contributed by atoms with Crippen molar-refractivity contribution in [1.29, 1.82) is 0 Å². The molecule has 6 heteroatoms. The van der Waals surface area contributed by atoms with Crippen molar-refractivity contribution >= 4 is 10.8 Å². The molecule has 3 rings (SSSR count). The first-order valence-corrected chi connectivity index (χ1v) is 9.32. The fourth-order valence-corrected chi connectivity index (χ4v) is 2.94. The van der Waals surface area contributed by atoms with Crippen LogP contribution < -0.4 is 14.2 Å². The fraction of sp³-hybridized carbons (Fsp3) is 0.167. The lowest BCUT2D eigenvalue weighted by molar-refractivity contribution is -0.0515. The van der Waals surface area contributed by atoms with E-state index in [2.05, 4.69) is 11.3 Å². The highest BCUT2D eigenvalue weighted by Gasteiger charge is 2.19. The molecule has 0 fully saturated rings. The second-order valence-corrected chi connectivity index (χ2v) is 6.34. The van der Waals surface area contributed by atoms with Gasteiger partial charge in [0.2, 0.25) is 0 Å². The molecule has 0 radical (unpaired) electrons. The molecule has 0 aliphatic rings. The third-order valence-electron chi connectivity index (χ3n) is 4.33. The second kappa shape index (κ2) is 9.87. The van der Waals surface area contributed by atoms with Gasteiger partial charge < -0.3 is 14.2 Å². The summed E-state index contributed by atoms with van der Waals surface area (Å²) < 4.78 is 55.8. The summed E-state index contributed by atoms with van der Waals surface area (Å²) >= 11 is 0. The normalized spacial score (nSPS) is 11.2. The van der Waals surface area contributed by atoms with Crippen LogP contribution in [0.25, 0.3) is 21.9 Å². The van der Waals surface area contributed by atoms with Crippen molar-refractivity contribution in [3.05, 3.63) is 79.2 Å². The van der Waals surface area contributed by atoms with Gasteiger partial charge in [0.15, 0.2) is 17.3 Å². The van der Waals surface area contributed by atoms with Crippen LogP contribution >= 0.6 is 0 Å². The minimum absolute atomic E-state index is 0.0391. The molecule has 3 nitrogen and oxygen atoms in total. The maximum Gasteiger partial charge on any atom is 0.387 e. The Balaban J connectivity index is 1.97. The maximum absolute atomic E-state index is 14.9. The summed E-state index contributed by atoms with van der Waals surface area (Å²) in [6.45, 7) is 2.74. The molecule has 3 aromatic rings. The first-order chi connectivity index (χ1) is 14.5. The summed E-state index contributed by atoms with van der Waals surface area (Å²) in [6.07, 6.45) is 5.20. The molecule has 0 saturated heterocycles. The minimum Gasteiger partial charge on any atom is -0.490 e. The molecule has 30 heavy (non-hydrogen) atoms. The Morgan fingerprint density at radius 1 is 0.967 bits per heavy atom. The third kappa shape index (κ3) is 4.95. The van der Waals surface area contributed by atoms with Crippen LogP contribution in [0.5, 0.6) is 17.2 Å². The molecule has 0 N–H and O–H groups in total. The molecular formula is C24H21F3O3. The zero-order valence-corrected chi connectivity index (χ0v) is 16.4. The second-order valence-electron chi connectivity index (χ2n) is 6.34. The van der Waals surface area contributed by atoms with Crippen LogP contribution in [-0.2, 0) is 0 Å². The highest BCUT2D eigenvalue weighted by Crippen LogP contribution is 2.39. The third-order valence-corrected chi connectivity index (χ3v) is 4.33. The van der Waals surface area contributed by atoms with Gasteiger partial charge in [0, 0.05) is 5.39 Å². The molecule has 0 aromatic heterocycles. The van der Waals surface area contributed by atoms with Gasteiger partial charge in [0.05, 0.1) is 0 Å². The van der Waals surface area contributed by atoms with Crippen LogP contribution in [0.1, 0.15) is 6.92 Å². The van der Waals surface area contributed by atoms with Gasteiger partial charge in [0.25, 0.3) is 0 Å². The van der Waals surface area contributed by atoms with E-state index in [-0.39, 0.29) is 23.5 Å². The average Bonchev–Trinajstić information content (AvgIpc) is 2.73. The fourth-order valence-electron chi connectivity index (χ4n) is 2.94. The molecule has 0 bridgehead atoms. The van der Waals surface area contributed by atoms with Gasteiger partial charge >= 0.3 is 6.61 Å². The molecule has 0 saturated carbocycles. The molecular weight excluding hydrogens is 393 g/mol. The largest absolute Gasteiger partial charge is 0.490 e. The van der Waals surface area contributed by atoms with E-state index in [9.17, 15) is 13.2 Å². The predicted molar refractivity (Wildman–Crippen MR) is 112 cm³/mol. The molecule has 0 amide bonds. The lowest BCUT2D eigenvalue weighted by Gasteiger charge is -2.15. The Morgan fingerprint density at radius 3 is 2.37 bits per heavy atom. The standard InChI is InChI=1S/C24H21F3O3/c1-3-5-13-28-19-9-6-16(7-10-19)17-8-11-20-18(14-17)15-21(30-24(26)27)23(22(20)25)29-12-4-2/h3-11,14-15,24H,2,12-13H2,1H3. The Kier molecular flexibility index (Phi) is 7.01. The van der Waals surface area contributed by atoms with Crippen molar-refractivity contribution in [3.8, 4) is 28.4 Å². The summed E-state index contributed by atoms with van der Waals surface area (Å²) in [6, 6.07) is 13.8. The van der Waals surface area contributed by atoms with E-state index in [1.807, 2.05) is 43.3 Å². The van der Waals surface area contributed by atoms with Crippen LogP contribution in [0.15, 0.2) is 73.3 Å². The molecule has 0 spiro atoms. The van der Waals surface area contributed by atoms with Gasteiger partial charge in [0.1, 0.15) is 19.0 Å². The van der Waals surface area contributed by atoms with Crippen molar-refractivity contribution < 1.29 is 27.4 Å². The number of hydrogen-bond donors (Lipinski definition) is 0. The molecule has 0 unspecified atom stereocenters. The van der Waals surface area contributed by atoms with Crippen LogP contribution in [-0.4, -0.2) is 19.8 Å². The summed E-state index contributed by atoms with van der Waals surface area (Å²) in [5.41, 5.74) is 1.67. The molecule has 0 aliphatic heterocycles. The molecule has 0 aliphatic carbocycles. The summed E-state index contributed by atoms with van der Waals surface area (Å²) in [5, 5.41) is 0.658. The van der Waals surface area contributed by atoms with Crippen molar-refractivity contribution in [2.75, 3.05) is 13.2 Å². The van der Waals surface area contributed by atoms with E-state index in [0.717, 1.165) is 16.9 Å². The van der Waals surface area contributed by atoms with E-state index in [1.54, 1.807) is 18.2 Å². The van der Waals surface area contributed by atoms with Crippen molar-refractivity contribution in [3.63, 3.8) is 0 Å². The van der Waals surface area contributed by atoms with E-state index < -0.39 is 12.4 Å². The lowest BCUT2D eigenvalue weighted by atomic mass is 10.0. The summed E-state index contributed by atoms with van der Waals surface area (Å²) in [5.74, 6) is -0.760. The lowest BCUT2D eigenvalue weighted by Crippen LogP contribution is -2.06. The van der Waals surface area contributed by atoms with Gasteiger partial charge in [-0.2, -0.15) is 8.78 Å². The van der Waals surface area contributed by atoms with E-state index in [4.69, 9.17) is 9.47 Å². The predicted octanol–water partition coefficient (Wildman–Crippen LogP) is 6.77. The van der Waals surface area contributed by atoms with E-state index in [1.165, 1.54) is 12.1 Å². The van der Waals surface area contributed by atoms with Crippen molar-refractivity contribution in [2.45, 2.75) is 13.5 Å². The Morgan fingerprint density at radius 2 is 1.70 bits per heavy atom. The van der Waals surface area contributed by atoms with Crippen LogP contribution in [0, 0.1) is 5.82 Å². The molecule has 3 aromatic carbocycles. The Bertz CT molecular complexity index is 1040. The van der Waals surface area contributed by atoms with Gasteiger partial charge in [-0.1, -0.05) is 49.1 Å². The van der Waals surface area contributed by atoms with Crippen molar-refractivity contribution in [1.82, 2.24) is 0 Å². The van der Waals surface area contributed by atoms with Gasteiger partial charge in [-0.05, 0) is 47.7 Å². The zero-order valence-electron chi connectivity index (χ0n) is 16.4. The van der Waals surface area contributed by atoms with Crippen LogP contribution in [0.3, 0.4) is 0 Å². The van der Waals surface area contributed by atoms with Gasteiger partial charge in [-0.25, -0.2) is 4.39 Å². The number of hydrogen-bond acceptors (Lipinski definition) is 3. The highest BCUT2D eigenvalue weighted by atomic mass is 19.3. The number of benzene rings is 3. The monoisotopic (exact) mass is 414 g/mol. The minimum atomic E-state index is -3.11. The number of fused-ring (bicyclic) bond motifs is 1. The topological polar surface area (TPSA) is 27.7 Å². The van der Waals surface area contributed by atoms with Crippen molar-refractivity contribution in [2.24, 2.45) is 0 Å². The molecule has 156 valence electrons. The van der Waals surface area contributed by atoms with Crippen LogP contribution in [0.4, 0.5) is 13.2 Å². The highest BCUT2D eigenvalue weighted by molar-refractivity contribution is 5.90. The first kappa shape index (κ1) is 21.3. The van der Waals surface area contributed by atoms with Gasteiger partial charge in [-0.15, -0.1) is 0 Å². The van der Waals surface area contributed by atoms with Gasteiger partial charge in [-0.3, -0.25) is 0 Å². The summed E-state index contributed by atoms with van der Waals surface area (Å²) in [4.78, 5) is 0. The quantitative estimate of drug-likeness (QED) is 0.362. The number of alkyl halides is 2. The molecule has 0 heterocycles. The Labute approximate surface area is 173 Å².